The lowest BCUT2D eigenvalue weighted by Gasteiger charge is -2.25. The fraction of sp³-hybridized carbons (Fsp3) is 0.500. The Balaban J connectivity index is 3.07. The van der Waals surface area contributed by atoms with Crippen molar-refractivity contribution < 1.29 is 44.1 Å². The van der Waals surface area contributed by atoms with Gasteiger partial charge in [0.05, 0.1) is 31.3 Å². The van der Waals surface area contributed by atoms with E-state index in [9.17, 15) is 33.9 Å². The number of nitrogens with zero attached hydrogens (tertiary/aromatic N) is 1. The molecule has 0 bridgehead atoms. The van der Waals surface area contributed by atoms with Gasteiger partial charge in [-0.25, -0.2) is 9.78 Å². The van der Waals surface area contributed by atoms with E-state index in [1.54, 1.807) is 0 Å². The van der Waals surface area contributed by atoms with E-state index in [2.05, 4.69) is 20.6 Å². The monoisotopic (exact) mass is 485 g/mol. The van der Waals surface area contributed by atoms with Crippen molar-refractivity contribution in [1.82, 2.24) is 25.9 Å². The van der Waals surface area contributed by atoms with Crippen molar-refractivity contribution in [3.05, 3.63) is 18.2 Å². The van der Waals surface area contributed by atoms with Gasteiger partial charge in [-0.1, -0.05) is 0 Å². The van der Waals surface area contributed by atoms with Gasteiger partial charge in [0.25, 0.3) is 0 Å². The number of nitrogens with one attached hydrogen (secondary N) is 4. The lowest BCUT2D eigenvalue weighted by Crippen LogP contribution is -2.59. The molecule has 0 aliphatic heterocycles. The summed E-state index contributed by atoms with van der Waals surface area (Å²) >= 11 is 0. The number of aliphatic hydroxyl groups excluding tert-OH is 1. The summed E-state index contributed by atoms with van der Waals surface area (Å²) in [5, 5.41) is 34.1. The maximum absolute atomic E-state index is 12.9. The molecule has 11 N–H and O–H groups in total. The predicted molar refractivity (Wildman–Crippen MR) is 111 cm³/mol. The zero-order valence-electron chi connectivity index (χ0n) is 18.1. The highest BCUT2D eigenvalue weighted by molar-refractivity contribution is 5.96. The number of carboxylic acid groups (broad SMARTS) is 2. The SMILES string of the molecule is CC(O)C(NC(=O)C(CC(=O)O)NC(=O)C(Cc1cnc[nH]1)NC(=O)C(N)CC(N)=O)C(=O)O. The quantitative estimate of drug-likeness (QED) is 0.121. The van der Waals surface area contributed by atoms with Crippen LogP contribution >= 0.6 is 0 Å². The molecule has 1 heterocycles. The van der Waals surface area contributed by atoms with E-state index < -0.39 is 78.7 Å². The zero-order valence-corrected chi connectivity index (χ0v) is 18.1. The second kappa shape index (κ2) is 12.9. The average molecular weight is 485 g/mol. The molecule has 0 radical (unpaired) electrons. The lowest BCUT2D eigenvalue weighted by molar-refractivity contribution is -0.146. The minimum atomic E-state index is -1.77. The molecule has 0 saturated carbocycles. The molecule has 5 atom stereocenters. The third-order valence-corrected chi connectivity index (χ3v) is 4.43. The molecule has 1 aromatic heterocycles. The molecule has 188 valence electrons. The number of aromatic nitrogens is 2. The average Bonchev–Trinajstić information content (AvgIpc) is 3.22. The van der Waals surface area contributed by atoms with E-state index in [-0.39, 0.29) is 6.42 Å². The Morgan fingerprint density at radius 2 is 1.59 bits per heavy atom. The van der Waals surface area contributed by atoms with E-state index >= 15 is 0 Å². The Hall–Kier alpha value is -4.05. The van der Waals surface area contributed by atoms with Gasteiger partial charge < -0.3 is 47.7 Å². The van der Waals surface area contributed by atoms with Crippen molar-refractivity contribution in [3.63, 3.8) is 0 Å². The summed E-state index contributed by atoms with van der Waals surface area (Å²) in [5.74, 6) is -7.07. The molecule has 0 aliphatic rings. The molecule has 0 aromatic carbocycles. The number of H-pyrrole nitrogens is 1. The molecule has 0 fully saturated rings. The summed E-state index contributed by atoms with van der Waals surface area (Å²) in [5.41, 5.74) is 11.0. The highest BCUT2D eigenvalue weighted by Gasteiger charge is 2.33. The number of aliphatic carboxylic acids is 2. The topological polar surface area (TPSA) is 280 Å². The van der Waals surface area contributed by atoms with Gasteiger partial charge in [0.2, 0.25) is 23.6 Å². The molecule has 5 unspecified atom stereocenters. The van der Waals surface area contributed by atoms with Crippen LogP contribution in [0.1, 0.15) is 25.5 Å². The summed E-state index contributed by atoms with van der Waals surface area (Å²) in [6.45, 7) is 1.09. The maximum Gasteiger partial charge on any atom is 0.328 e. The molecule has 16 nitrogen and oxygen atoms in total. The Kier molecular flexibility index (Phi) is 10.6. The van der Waals surface area contributed by atoms with E-state index in [0.29, 0.717) is 5.69 Å². The fourth-order valence-electron chi connectivity index (χ4n) is 2.71. The summed E-state index contributed by atoms with van der Waals surface area (Å²) in [6, 6.07) is -6.31. The summed E-state index contributed by atoms with van der Waals surface area (Å²) in [7, 11) is 0. The van der Waals surface area contributed by atoms with Crippen molar-refractivity contribution in [2.75, 3.05) is 0 Å². The number of hydrogen-bond donors (Lipinski definition) is 9. The maximum atomic E-state index is 12.9. The molecule has 34 heavy (non-hydrogen) atoms. The minimum Gasteiger partial charge on any atom is -0.481 e. The van der Waals surface area contributed by atoms with E-state index in [1.807, 2.05) is 5.32 Å². The van der Waals surface area contributed by atoms with Crippen molar-refractivity contribution in [3.8, 4) is 0 Å². The summed E-state index contributed by atoms with van der Waals surface area (Å²) in [6.07, 6.45) is -0.514. The Bertz CT molecular complexity index is 904. The third kappa shape index (κ3) is 9.21. The van der Waals surface area contributed by atoms with Crippen LogP contribution in [-0.2, 0) is 35.2 Å². The van der Waals surface area contributed by atoms with Crippen LogP contribution in [0.3, 0.4) is 0 Å². The lowest BCUT2D eigenvalue weighted by atomic mass is 10.1. The second-order valence-corrected chi connectivity index (χ2v) is 7.34. The number of carbonyl (C=O) groups is 6. The van der Waals surface area contributed by atoms with Crippen LogP contribution in [0.25, 0.3) is 0 Å². The standard InChI is InChI=1S/C18H27N7O9/c1-7(26)14(18(33)34)25-17(32)11(4-13(28)29)24-16(31)10(2-8-5-21-6-22-8)23-15(30)9(19)3-12(20)27/h5-7,9-11,14,26H,2-4,19H2,1H3,(H2,20,27)(H,21,22)(H,23,30)(H,24,31)(H,25,32)(H,28,29)(H,33,34). The van der Waals surface area contributed by atoms with E-state index in [0.717, 1.165) is 6.92 Å². The summed E-state index contributed by atoms with van der Waals surface area (Å²) in [4.78, 5) is 77.6. The highest BCUT2D eigenvalue weighted by atomic mass is 16.4. The first kappa shape index (κ1) is 28.0. The number of carboxylic acids is 2. The van der Waals surface area contributed by atoms with Crippen LogP contribution in [0.15, 0.2) is 12.5 Å². The first-order chi connectivity index (χ1) is 15.8. The van der Waals surface area contributed by atoms with Gasteiger partial charge in [-0.2, -0.15) is 0 Å². The first-order valence-corrected chi connectivity index (χ1v) is 9.86. The molecular formula is C18H27N7O9. The van der Waals surface area contributed by atoms with Crippen molar-refractivity contribution in [2.45, 2.75) is 56.5 Å². The molecule has 0 aliphatic carbocycles. The zero-order chi connectivity index (χ0) is 26.0. The number of hydrogen-bond acceptors (Lipinski definition) is 9. The van der Waals surface area contributed by atoms with Gasteiger partial charge in [-0.15, -0.1) is 0 Å². The largest absolute Gasteiger partial charge is 0.481 e. The van der Waals surface area contributed by atoms with Gasteiger partial charge in [-0.3, -0.25) is 24.0 Å². The molecular weight excluding hydrogens is 458 g/mol. The van der Waals surface area contributed by atoms with Crippen molar-refractivity contribution >= 4 is 35.6 Å². The molecule has 4 amide bonds. The van der Waals surface area contributed by atoms with Gasteiger partial charge in [-0.05, 0) is 6.92 Å². The number of rotatable bonds is 14. The number of aliphatic hydroxyl groups is 1. The fourth-order valence-corrected chi connectivity index (χ4v) is 2.71. The second-order valence-electron chi connectivity index (χ2n) is 7.34. The number of imidazole rings is 1. The van der Waals surface area contributed by atoms with Gasteiger partial charge in [0, 0.05) is 18.3 Å². The van der Waals surface area contributed by atoms with Crippen LogP contribution in [0.2, 0.25) is 0 Å². The van der Waals surface area contributed by atoms with Crippen LogP contribution in [0, 0.1) is 0 Å². The van der Waals surface area contributed by atoms with Crippen LogP contribution < -0.4 is 27.4 Å². The number of amides is 4. The predicted octanol–water partition coefficient (Wildman–Crippen LogP) is -4.45. The Morgan fingerprint density at radius 3 is 2.06 bits per heavy atom. The summed E-state index contributed by atoms with van der Waals surface area (Å²) < 4.78 is 0. The molecule has 1 aromatic rings. The molecule has 0 spiro atoms. The van der Waals surface area contributed by atoms with Crippen LogP contribution in [0.5, 0.6) is 0 Å². The van der Waals surface area contributed by atoms with Crippen molar-refractivity contribution in [2.24, 2.45) is 11.5 Å². The molecule has 0 saturated heterocycles. The first-order valence-electron chi connectivity index (χ1n) is 9.86. The van der Waals surface area contributed by atoms with Gasteiger partial charge in [0.1, 0.15) is 12.1 Å². The highest BCUT2D eigenvalue weighted by Crippen LogP contribution is 2.04. The number of nitrogens with two attached hydrogens (primary N) is 2. The van der Waals surface area contributed by atoms with E-state index in [4.69, 9.17) is 21.7 Å². The van der Waals surface area contributed by atoms with Gasteiger partial charge in [0.15, 0.2) is 6.04 Å². The van der Waals surface area contributed by atoms with Gasteiger partial charge >= 0.3 is 11.9 Å². The third-order valence-electron chi connectivity index (χ3n) is 4.43. The van der Waals surface area contributed by atoms with Crippen LogP contribution in [0.4, 0.5) is 0 Å². The number of carbonyl (C=O) groups excluding carboxylic acids is 4. The molecule has 16 heteroatoms. The smallest absolute Gasteiger partial charge is 0.328 e. The number of primary amides is 1. The number of aromatic amines is 1. The molecule has 1 rings (SSSR count). The van der Waals surface area contributed by atoms with Crippen LogP contribution in [-0.4, -0.2) is 91.1 Å². The van der Waals surface area contributed by atoms with E-state index in [1.165, 1.54) is 12.5 Å². The minimum absolute atomic E-state index is 0.187. The Labute approximate surface area is 192 Å². The Morgan fingerprint density at radius 1 is 1.00 bits per heavy atom. The normalized spacial score (nSPS) is 15.1. The van der Waals surface area contributed by atoms with Crippen molar-refractivity contribution in [1.29, 1.82) is 0 Å².